The van der Waals surface area contributed by atoms with E-state index in [-0.39, 0.29) is 38.0 Å². The normalized spacial score (nSPS) is 18.7. The predicted octanol–water partition coefficient (Wildman–Crippen LogP) is 6.85. The van der Waals surface area contributed by atoms with Gasteiger partial charge >= 0.3 is 11.9 Å². The Bertz CT molecular complexity index is 2140. The number of aromatic amines is 1. The first-order valence-corrected chi connectivity index (χ1v) is 20.7. The van der Waals surface area contributed by atoms with Crippen molar-refractivity contribution in [3.05, 3.63) is 132 Å². The van der Waals surface area contributed by atoms with Gasteiger partial charge in [0.15, 0.2) is 0 Å². The van der Waals surface area contributed by atoms with Crippen LogP contribution in [-0.2, 0) is 19.1 Å². The van der Waals surface area contributed by atoms with Gasteiger partial charge in [-0.3, -0.25) is 9.59 Å². The molecule has 1 aromatic rings. The van der Waals surface area contributed by atoms with Crippen LogP contribution in [0.5, 0.6) is 0 Å². The zero-order valence-electron chi connectivity index (χ0n) is 30.0. The molecule has 0 amide bonds. The third kappa shape index (κ3) is 8.14. The summed E-state index contributed by atoms with van der Waals surface area (Å²) >= 11 is 0. The molecule has 0 fully saturated rings. The number of carbonyl (C=O) groups excluding carboxylic acids is 2. The van der Waals surface area contributed by atoms with E-state index < -0.39 is 8.07 Å². The molecule has 0 aliphatic carbocycles. The fraction of sp³-hybridized carbons (Fsp3) is 0.244. The third-order valence-corrected chi connectivity index (χ3v) is 9.32. The maximum Gasteiger partial charge on any atom is 0.306 e. The number of carbonyl (C=O) groups is 2. The topological polar surface area (TPSA) is 121 Å². The Labute approximate surface area is 305 Å². The summed E-state index contributed by atoms with van der Waals surface area (Å²) in [6, 6.07) is 4.02. The molecule has 1 aromatic heterocycles. The zero-order valence-corrected chi connectivity index (χ0v) is 31.0. The summed E-state index contributed by atoms with van der Waals surface area (Å²) in [5.74, 6) is 3.63. The molecule has 0 radical (unpaired) electrons. The predicted molar refractivity (Wildman–Crippen MR) is 210 cm³/mol. The number of H-pyrrole nitrogens is 1. The highest BCUT2D eigenvalue weighted by molar-refractivity contribution is 6.84. The number of hydrogen-bond donors (Lipinski definition) is 2. The lowest BCUT2D eigenvalue weighted by Crippen LogP contribution is -2.19. The number of aliphatic imine (C=N–C) groups is 3. The van der Waals surface area contributed by atoms with Crippen LogP contribution in [0.25, 0.3) is 11.1 Å². The maximum atomic E-state index is 12.7. The summed E-state index contributed by atoms with van der Waals surface area (Å²) < 4.78 is 10.6. The van der Waals surface area contributed by atoms with Gasteiger partial charge in [-0.05, 0) is 61.4 Å². The Hall–Kier alpha value is -5.99. The van der Waals surface area contributed by atoms with Crippen molar-refractivity contribution in [1.29, 1.82) is 0 Å². The van der Waals surface area contributed by atoms with E-state index in [0.717, 1.165) is 45.3 Å². The molecule has 2 N–H and O–H groups in total. The van der Waals surface area contributed by atoms with Gasteiger partial charge in [0.05, 0.1) is 51.1 Å². The van der Waals surface area contributed by atoms with Crippen LogP contribution in [0.4, 0.5) is 0 Å². The van der Waals surface area contributed by atoms with E-state index in [0.29, 0.717) is 41.2 Å². The highest BCUT2D eigenvalue weighted by atomic mass is 28.3. The molecule has 6 heterocycles. The van der Waals surface area contributed by atoms with Gasteiger partial charge in [0.1, 0.15) is 27.1 Å². The first-order chi connectivity index (χ1) is 25.0. The molecule has 8 bridgehead atoms. The molecule has 5 aliphatic rings. The van der Waals surface area contributed by atoms with Crippen LogP contribution in [0.15, 0.2) is 135 Å². The largest absolute Gasteiger partial charge is 0.461 e. The lowest BCUT2D eigenvalue weighted by Gasteiger charge is -2.17. The number of allylic oxidation sites excluding steroid dienone is 10. The van der Waals surface area contributed by atoms with Crippen molar-refractivity contribution in [2.45, 2.75) is 45.3 Å². The fourth-order valence-electron chi connectivity index (χ4n) is 5.96. The standard InChI is InChI=1S/C41H42N6O4Si/c1-7-24-50-38(48)19-9-27-30-11-13-34(43-30)29(21-26-52(4,5)6)35-14-12-31(44-35)28(10-20-39(49)51-25-8-2)33-16-18-37(46-33)40(36-17-15-32(27)45-36)41-42-22-23-47(41)3/h7-8,11-18,22-23,42,45H,1-2,9-10,19-20,24-25H2,3-6H3/b30-27?,33-28?,35-29?,41-40+. The molecule has 5 aliphatic heterocycles. The molecule has 10 nitrogen and oxygen atoms in total. The monoisotopic (exact) mass is 710 g/mol. The molecular weight excluding hydrogens is 669 g/mol. The van der Waals surface area contributed by atoms with Crippen LogP contribution < -0.4 is 5.32 Å². The minimum absolute atomic E-state index is 0.148. The summed E-state index contributed by atoms with van der Waals surface area (Å²) in [6.45, 7) is 14.2. The lowest BCUT2D eigenvalue weighted by molar-refractivity contribution is -0.143. The van der Waals surface area contributed by atoms with Gasteiger partial charge in [-0.2, -0.15) is 0 Å². The van der Waals surface area contributed by atoms with E-state index in [4.69, 9.17) is 24.5 Å². The van der Waals surface area contributed by atoms with E-state index in [1.54, 1.807) is 12.2 Å². The average molecular weight is 711 g/mol. The van der Waals surface area contributed by atoms with Gasteiger partial charge in [-0.25, -0.2) is 15.0 Å². The van der Waals surface area contributed by atoms with E-state index in [1.165, 1.54) is 0 Å². The van der Waals surface area contributed by atoms with Crippen molar-refractivity contribution in [3.8, 4) is 11.5 Å². The number of rotatable bonds is 10. The summed E-state index contributed by atoms with van der Waals surface area (Å²) in [6.07, 6.45) is 19.7. The minimum atomic E-state index is -1.80. The Morgan fingerprint density at radius 2 is 1.38 bits per heavy atom. The van der Waals surface area contributed by atoms with Gasteiger partial charge in [0, 0.05) is 49.1 Å². The molecule has 0 unspecified atom stereocenters. The first-order valence-electron chi connectivity index (χ1n) is 17.2. The van der Waals surface area contributed by atoms with Crippen molar-refractivity contribution in [3.63, 3.8) is 0 Å². The van der Waals surface area contributed by atoms with Crippen molar-refractivity contribution >= 4 is 48.3 Å². The molecule has 0 saturated carbocycles. The van der Waals surface area contributed by atoms with Gasteiger partial charge in [-0.15, -0.1) is 5.54 Å². The van der Waals surface area contributed by atoms with Crippen molar-refractivity contribution in [2.75, 3.05) is 20.3 Å². The molecule has 11 heteroatoms. The number of fused-ring (bicyclic) bond motifs is 5. The third-order valence-electron chi connectivity index (χ3n) is 8.45. The summed E-state index contributed by atoms with van der Waals surface area (Å²) in [4.78, 5) is 46.4. The molecule has 0 atom stereocenters. The maximum absolute atomic E-state index is 12.7. The molecule has 0 aromatic carbocycles. The number of nitrogens with zero attached hydrogens (tertiary/aromatic N) is 4. The van der Waals surface area contributed by atoms with Crippen molar-refractivity contribution < 1.29 is 19.1 Å². The lowest BCUT2D eigenvalue weighted by atomic mass is 10.0. The fourth-order valence-corrected chi connectivity index (χ4v) is 6.46. The van der Waals surface area contributed by atoms with Gasteiger partial charge < -0.3 is 24.7 Å². The van der Waals surface area contributed by atoms with Crippen LogP contribution in [0.2, 0.25) is 19.6 Å². The second kappa shape index (κ2) is 15.5. The molecule has 0 saturated heterocycles. The summed E-state index contributed by atoms with van der Waals surface area (Å²) in [7, 11) is 0.171. The Balaban J connectivity index is 1.56. The highest BCUT2D eigenvalue weighted by Gasteiger charge is 2.27. The SMILES string of the molecule is C=CCOC(=O)CCC1=C2C=CC(=N2)/C(=C2\NC=CN2C)c2ccc([nH]2)C(CCC(=O)OCC=C)=C2C=CC(=N2)C(C#C[Si](C)(C)C)=C2C=CC1=N2. The minimum Gasteiger partial charge on any atom is -0.461 e. The van der Waals surface area contributed by atoms with Gasteiger partial charge in [-0.1, -0.05) is 50.9 Å². The van der Waals surface area contributed by atoms with Crippen molar-refractivity contribution in [1.82, 2.24) is 15.2 Å². The van der Waals surface area contributed by atoms with Gasteiger partial charge in [0.25, 0.3) is 0 Å². The van der Waals surface area contributed by atoms with Crippen LogP contribution in [-0.4, -0.2) is 67.3 Å². The van der Waals surface area contributed by atoms with Crippen LogP contribution in [0, 0.1) is 11.5 Å². The van der Waals surface area contributed by atoms with E-state index >= 15 is 0 Å². The average Bonchev–Trinajstić information content (AvgIpc) is 3.96. The Morgan fingerprint density at radius 3 is 2.04 bits per heavy atom. The second-order valence-electron chi connectivity index (χ2n) is 13.5. The molecule has 0 spiro atoms. The van der Waals surface area contributed by atoms with Crippen molar-refractivity contribution in [2.24, 2.45) is 15.0 Å². The number of hydrogen-bond acceptors (Lipinski definition) is 9. The van der Waals surface area contributed by atoms with Crippen LogP contribution in [0.1, 0.15) is 37.1 Å². The van der Waals surface area contributed by atoms with Crippen LogP contribution >= 0.6 is 0 Å². The zero-order chi connectivity index (χ0) is 36.8. The molecule has 6 rings (SSSR count). The first kappa shape index (κ1) is 35.8. The second-order valence-corrected chi connectivity index (χ2v) is 18.3. The van der Waals surface area contributed by atoms with E-state index in [9.17, 15) is 9.59 Å². The van der Waals surface area contributed by atoms with Gasteiger partial charge in [0.2, 0.25) is 0 Å². The summed E-state index contributed by atoms with van der Waals surface area (Å²) in [5.41, 5.74) is 12.6. The Kier molecular flexibility index (Phi) is 10.7. The molecular formula is C41H42N6O4Si. The Morgan fingerprint density at radius 1 is 0.808 bits per heavy atom. The summed E-state index contributed by atoms with van der Waals surface area (Å²) in [5, 5.41) is 3.37. The molecule has 264 valence electrons. The smallest absolute Gasteiger partial charge is 0.306 e. The van der Waals surface area contributed by atoms with E-state index in [1.807, 2.05) is 72.9 Å². The quantitative estimate of drug-likeness (QED) is 0.119. The van der Waals surface area contributed by atoms with Crippen LogP contribution in [0.3, 0.4) is 0 Å². The molecule has 52 heavy (non-hydrogen) atoms. The highest BCUT2D eigenvalue weighted by Crippen LogP contribution is 2.35. The van der Waals surface area contributed by atoms with E-state index in [2.05, 4.69) is 54.6 Å². The number of esters is 2. The number of aromatic nitrogens is 1. The number of ether oxygens (including phenoxy) is 2. The number of nitrogens with one attached hydrogen (secondary N) is 2.